The Morgan fingerprint density at radius 1 is 1.13 bits per heavy atom. The minimum absolute atomic E-state index is 0.130. The van der Waals surface area contributed by atoms with Crippen LogP contribution in [0.1, 0.15) is 35.7 Å². The number of amides is 1. The van der Waals surface area contributed by atoms with E-state index in [1.165, 1.54) is 24.5 Å². The molecule has 1 amide bonds. The van der Waals surface area contributed by atoms with Crippen LogP contribution < -0.4 is 14.8 Å². The third-order valence-corrected chi connectivity index (χ3v) is 4.69. The Morgan fingerprint density at radius 3 is 2.50 bits per heavy atom. The van der Waals surface area contributed by atoms with Gasteiger partial charge in [0.15, 0.2) is 17.3 Å². The maximum Gasteiger partial charge on any atom is 0.586 e. The van der Waals surface area contributed by atoms with E-state index in [4.69, 9.17) is 16.1 Å². The maximum atomic E-state index is 13.2. The molecule has 0 saturated heterocycles. The van der Waals surface area contributed by atoms with Crippen molar-refractivity contribution in [3.05, 3.63) is 46.6 Å². The van der Waals surface area contributed by atoms with Crippen molar-refractivity contribution in [2.75, 3.05) is 5.32 Å². The van der Waals surface area contributed by atoms with Crippen molar-refractivity contribution in [3.63, 3.8) is 0 Å². The summed E-state index contributed by atoms with van der Waals surface area (Å²) in [6, 6.07) is 2.51. The number of ether oxygens (including phenoxy) is 2. The van der Waals surface area contributed by atoms with Crippen LogP contribution in [0, 0.1) is 0 Å². The van der Waals surface area contributed by atoms with Gasteiger partial charge in [0.05, 0.1) is 28.8 Å². The Morgan fingerprint density at radius 2 is 1.87 bits per heavy atom. The van der Waals surface area contributed by atoms with E-state index in [0.29, 0.717) is 41.1 Å². The van der Waals surface area contributed by atoms with Crippen LogP contribution >= 0.6 is 11.6 Å². The van der Waals surface area contributed by atoms with Gasteiger partial charge in [0.2, 0.25) is 0 Å². The first-order chi connectivity index (χ1) is 14.3. The largest absolute Gasteiger partial charge is 0.586 e. The van der Waals surface area contributed by atoms with Gasteiger partial charge in [-0.05, 0) is 12.5 Å². The fraction of sp³-hybridized carbons (Fsp3) is 0.263. The van der Waals surface area contributed by atoms with Gasteiger partial charge < -0.3 is 19.3 Å². The quantitative estimate of drug-likeness (QED) is 0.629. The van der Waals surface area contributed by atoms with Gasteiger partial charge in [-0.25, -0.2) is 4.98 Å². The molecule has 0 unspecified atom stereocenters. The number of hydrogen-bond acceptors (Lipinski definition) is 7. The van der Waals surface area contributed by atoms with Crippen LogP contribution in [-0.4, -0.2) is 27.3 Å². The van der Waals surface area contributed by atoms with E-state index >= 15 is 0 Å². The van der Waals surface area contributed by atoms with Gasteiger partial charge in [0, 0.05) is 18.1 Å². The zero-order valence-electron chi connectivity index (χ0n) is 15.8. The molecule has 30 heavy (non-hydrogen) atoms. The van der Waals surface area contributed by atoms with E-state index in [1.54, 1.807) is 0 Å². The van der Waals surface area contributed by atoms with Crippen LogP contribution in [0.4, 0.5) is 14.6 Å². The first-order valence-corrected chi connectivity index (χ1v) is 9.39. The summed E-state index contributed by atoms with van der Waals surface area (Å²) in [6.45, 7) is 3.73. The number of carbonyl (C=O) groups excluding carboxylic acids is 1. The summed E-state index contributed by atoms with van der Waals surface area (Å²) in [7, 11) is 0. The minimum atomic E-state index is -3.75. The molecule has 3 aromatic rings. The lowest BCUT2D eigenvalue weighted by atomic mass is 10.1. The zero-order chi connectivity index (χ0) is 21.5. The molecule has 11 heteroatoms. The molecule has 8 nitrogen and oxygen atoms in total. The number of carbonyl (C=O) groups is 1. The van der Waals surface area contributed by atoms with Crippen molar-refractivity contribution < 1.29 is 27.6 Å². The predicted octanol–water partition coefficient (Wildman–Crippen LogP) is 4.48. The number of aromatic nitrogens is 3. The number of nitrogens with zero attached hydrogens (tertiary/aromatic N) is 3. The van der Waals surface area contributed by atoms with Crippen molar-refractivity contribution in [3.8, 4) is 22.8 Å². The molecular formula is C19H15ClF2N4O4. The lowest BCUT2D eigenvalue weighted by Crippen LogP contribution is -2.25. The van der Waals surface area contributed by atoms with Gasteiger partial charge in [-0.2, -0.15) is 0 Å². The lowest BCUT2D eigenvalue weighted by molar-refractivity contribution is -0.286. The van der Waals surface area contributed by atoms with Gasteiger partial charge >= 0.3 is 6.29 Å². The SMILES string of the molecule is CCc1noc(CC)c1C(=O)Nc1cnc(-c2cc3c(cc2Cl)OC(F)(F)O3)cn1. The summed E-state index contributed by atoms with van der Waals surface area (Å²) >= 11 is 6.16. The highest BCUT2D eigenvalue weighted by Crippen LogP contribution is 2.45. The van der Waals surface area contributed by atoms with Crippen LogP contribution in [-0.2, 0) is 12.8 Å². The Bertz CT molecular complexity index is 1100. The van der Waals surface area contributed by atoms with E-state index < -0.39 is 12.2 Å². The molecule has 1 N–H and O–H groups in total. The summed E-state index contributed by atoms with van der Waals surface area (Å²) in [6.07, 6.45) is -0.0129. The Kier molecular flexibility index (Phi) is 5.02. The van der Waals surface area contributed by atoms with Crippen LogP contribution in [0.5, 0.6) is 11.5 Å². The molecule has 0 saturated carbocycles. The molecule has 0 radical (unpaired) electrons. The molecule has 3 heterocycles. The van der Waals surface area contributed by atoms with Gasteiger partial charge in [-0.15, -0.1) is 8.78 Å². The molecule has 1 aliphatic rings. The third-order valence-electron chi connectivity index (χ3n) is 4.38. The second-order valence-electron chi connectivity index (χ2n) is 6.32. The summed E-state index contributed by atoms with van der Waals surface area (Å²) in [4.78, 5) is 21.0. The molecule has 156 valence electrons. The molecule has 1 aliphatic heterocycles. The van der Waals surface area contributed by atoms with E-state index in [9.17, 15) is 13.6 Å². The number of anilines is 1. The van der Waals surface area contributed by atoms with Crippen molar-refractivity contribution in [1.29, 1.82) is 0 Å². The Balaban J connectivity index is 1.56. The summed E-state index contributed by atoms with van der Waals surface area (Å²) in [5, 5.41) is 6.69. The summed E-state index contributed by atoms with van der Waals surface area (Å²) < 4.78 is 40.5. The highest BCUT2D eigenvalue weighted by Gasteiger charge is 2.44. The van der Waals surface area contributed by atoms with E-state index in [1.807, 2.05) is 13.8 Å². The number of benzene rings is 1. The Labute approximate surface area is 174 Å². The molecule has 0 fully saturated rings. The molecule has 0 atom stereocenters. The van der Waals surface area contributed by atoms with Crippen LogP contribution in [0.3, 0.4) is 0 Å². The standard InChI is InChI=1S/C19H15ClF2N4O4/c1-3-11-17(13(4-2)30-26-11)18(27)25-16-8-23-12(7-24-16)9-5-14-15(6-10(9)20)29-19(21,22)28-14/h5-8H,3-4H2,1-2H3,(H,24,25,27). The lowest BCUT2D eigenvalue weighted by Gasteiger charge is -2.07. The second-order valence-corrected chi connectivity index (χ2v) is 6.73. The van der Waals surface area contributed by atoms with Gasteiger partial charge in [-0.1, -0.05) is 30.6 Å². The van der Waals surface area contributed by atoms with Crippen LogP contribution in [0.2, 0.25) is 5.02 Å². The molecular weight excluding hydrogens is 422 g/mol. The average Bonchev–Trinajstić information content (AvgIpc) is 3.26. The van der Waals surface area contributed by atoms with Gasteiger partial charge in [0.1, 0.15) is 11.3 Å². The monoisotopic (exact) mass is 436 g/mol. The molecule has 4 rings (SSSR count). The van der Waals surface area contributed by atoms with E-state index in [0.717, 1.165) is 0 Å². The van der Waals surface area contributed by atoms with Crippen LogP contribution in [0.25, 0.3) is 11.3 Å². The van der Waals surface area contributed by atoms with Gasteiger partial charge in [-0.3, -0.25) is 9.78 Å². The second kappa shape index (κ2) is 7.52. The molecule has 0 spiro atoms. The van der Waals surface area contributed by atoms with Crippen molar-refractivity contribution in [2.45, 2.75) is 33.0 Å². The number of fused-ring (bicyclic) bond motifs is 1. The first kappa shape index (κ1) is 20.0. The molecule has 2 aromatic heterocycles. The molecule has 1 aromatic carbocycles. The highest BCUT2D eigenvalue weighted by atomic mass is 35.5. The predicted molar refractivity (Wildman–Crippen MR) is 102 cm³/mol. The van der Waals surface area contributed by atoms with E-state index in [2.05, 4.69) is 29.9 Å². The zero-order valence-corrected chi connectivity index (χ0v) is 16.6. The molecule has 0 aliphatic carbocycles. The third kappa shape index (κ3) is 3.65. The fourth-order valence-corrected chi connectivity index (χ4v) is 3.23. The number of aryl methyl sites for hydroxylation is 2. The summed E-state index contributed by atoms with van der Waals surface area (Å²) in [5.41, 5.74) is 1.55. The van der Waals surface area contributed by atoms with E-state index in [-0.39, 0.29) is 22.3 Å². The smallest absolute Gasteiger partial charge is 0.395 e. The highest BCUT2D eigenvalue weighted by molar-refractivity contribution is 6.33. The topological polar surface area (TPSA) is 99.4 Å². The normalized spacial score (nSPS) is 14.0. The maximum absolute atomic E-state index is 13.2. The van der Waals surface area contributed by atoms with Gasteiger partial charge in [0.25, 0.3) is 5.91 Å². The van der Waals surface area contributed by atoms with Crippen molar-refractivity contribution in [2.24, 2.45) is 0 Å². The first-order valence-electron chi connectivity index (χ1n) is 9.01. The number of halogens is 3. The van der Waals surface area contributed by atoms with Crippen molar-refractivity contribution in [1.82, 2.24) is 15.1 Å². The number of alkyl halides is 2. The fourth-order valence-electron chi connectivity index (χ4n) is 2.98. The van der Waals surface area contributed by atoms with Crippen LogP contribution in [0.15, 0.2) is 29.0 Å². The minimum Gasteiger partial charge on any atom is -0.395 e. The number of nitrogens with one attached hydrogen (secondary N) is 1. The number of rotatable bonds is 5. The molecule has 0 bridgehead atoms. The number of hydrogen-bond donors (Lipinski definition) is 1. The Hall–Kier alpha value is -3.27. The summed E-state index contributed by atoms with van der Waals surface area (Å²) in [5.74, 6) is -0.0614. The van der Waals surface area contributed by atoms with Crippen molar-refractivity contribution >= 4 is 23.3 Å². The average molecular weight is 437 g/mol.